The van der Waals surface area contributed by atoms with E-state index in [4.69, 9.17) is 0 Å². The van der Waals surface area contributed by atoms with E-state index in [0.29, 0.717) is 24.5 Å². The lowest BCUT2D eigenvalue weighted by Gasteiger charge is -2.35. The summed E-state index contributed by atoms with van der Waals surface area (Å²) in [5, 5.41) is 5.55. The van der Waals surface area contributed by atoms with Crippen molar-refractivity contribution in [1.82, 2.24) is 10.3 Å². The Morgan fingerprint density at radius 3 is 2.50 bits per heavy atom. The molecule has 1 fully saturated rings. The second-order valence-electron chi connectivity index (χ2n) is 7.41. The third-order valence-electron chi connectivity index (χ3n) is 4.67. The number of sulfone groups is 1. The Hall–Kier alpha value is -1.73. The molecule has 1 saturated carbocycles. The fraction of sp³-hybridized carbons (Fsp3) is 0.474. The van der Waals surface area contributed by atoms with E-state index in [0.717, 1.165) is 10.6 Å². The number of amides is 1. The zero-order valence-corrected chi connectivity index (χ0v) is 16.9. The van der Waals surface area contributed by atoms with Gasteiger partial charge >= 0.3 is 0 Å². The van der Waals surface area contributed by atoms with Crippen molar-refractivity contribution in [2.24, 2.45) is 5.92 Å². The number of carbonyl (C=O) groups is 1. The van der Waals surface area contributed by atoms with Crippen LogP contribution in [0.2, 0.25) is 0 Å². The van der Waals surface area contributed by atoms with Crippen LogP contribution in [0, 0.1) is 5.92 Å². The SMILES string of the molecule is CC(C)c1ccc(-c2nc(C(=O)NC3CC(CS(C)(=O)=O)C3)cs2)cc1. The highest BCUT2D eigenvalue weighted by molar-refractivity contribution is 7.90. The Morgan fingerprint density at radius 2 is 1.92 bits per heavy atom. The molecule has 1 aromatic heterocycles. The van der Waals surface area contributed by atoms with E-state index in [2.05, 4.69) is 36.3 Å². The van der Waals surface area contributed by atoms with Crippen molar-refractivity contribution in [2.75, 3.05) is 12.0 Å². The minimum atomic E-state index is -2.95. The second kappa shape index (κ2) is 7.48. The van der Waals surface area contributed by atoms with Crippen LogP contribution < -0.4 is 5.32 Å². The maximum absolute atomic E-state index is 12.3. The van der Waals surface area contributed by atoms with Crippen molar-refractivity contribution in [3.63, 3.8) is 0 Å². The molecule has 1 amide bonds. The van der Waals surface area contributed by atoms with Crippen molar-refractivity contribution >= 4 is 27.1 Å². The Kier molecular flexibility index (Phi) is 5.48. The number of nitrogens with one attached hydrogen (secondary N) is 1. The lowest BCUT2D eigenvalue weighted by Crippen LogP contribution is -2.46. The maximum atomic E-state index is 12.3. The van der Waals surface area contributed by atoms with Crippen LogP contribution in [-0.2, 0) is 9.84 Å². The summed E-state index contributed by atoms with van der Waals surface area (Å²) >= 11 is 1.46. The number of hydrogen-bond acceptors (Lipinski definition) is 5. The Morgan fingerprint density at radius 1 is 1.27 bits per heavy atom. The van der Waals surface area contributed by atoms with Gasteiger partial charge in [-0.2, -0.15) is 0 Å². The van der Waals surface area contributed by atoms with Crippen LogP contribution in [-0.4, -0.2) is 37.4 Å². The van der Waals surface area contributed by atoms with Gasteiger partial charge in [0.05, 0.1) is 5.75 Å². The smallest absolute Gasteiger partial charge is 0.270 e. The van der Waals surface area contributed by atoms with Crippen molar-refractivity contribution in [2.45, 2.75) is 38.6 Å². The summed E-state index contributed by atoms with van der Waals surface area (Å²) in [6.07, 6.45) is 2.68. The van der Waals surface area contributed by atoms with Gasteiger partial charge in [0.15, 0.2) is 0 Å². The van der Waals surface area contributed by atoms with Crippen LogP contribution in [0.4, 0.5) is 0 Å². The van der Waals surface area contributed by atoms with Gasteiger partial charge in [-0.25, -0.2) is 13.4 Å². The van der Waals surface area contributed by atoms with Crippen LogP contribution in [0.5, 0.6) is 0 Å². The molecule has 1 heterocycles. The summed E-state index contributed by atoms with van der Waals surface area (Å²) in [6, 6.07) is 8.31. The predicted molar refractivity (Wildman–Crippen MR) is 105 cm³/mol. The van der Waals surface area contributed by atoms with Gasteiger partial charge in [-0.15, -0.1) is 11.3 Å². The summed E-state index contributed by atoms with van der Waals surface area (Å²) in [5.74, 6) is 0.651. The lowest BCUT2D eigenvalue weighted by molar-refractivity contribution is 0.0892. The molecule has 0 bridgehead atoms. The molecule has 0 spiro atoms. The van der Waals surface area contributed by atoms with E-state index in [-0.39, 0.29) is 23.6 Å². The third kappa shape index (κ3) is 4.71. The van der Waals surface area contributed by atoms with Gasteiger partial charge < -0.3 is 5.32 Å². The Labute approximate surface area is 158 Å². The number of hydrogen-bond donors (Lipinski definition) is 1. The predicted octanol–water partition coefficient (Wildman–Crippen LogP) is 3.49. The molecule has 0 aliphatic heterocycles. The molecule has 1 aliphatic carbocycles. The summed E-state index contributed by atoms with van der Waals surface area (Å²) in [7, 11) is -2.95. The first-order valence-corrected chi connectivity index (χ1v) is 11.7. The standard InChI is InChI=1S/C19H24N2O3S2/c1-12(2)14-4-6-15(7-5-14)19-21-17(10-25-19)18(22)20-16-8-13(9-16)11-26(3,23)24/h4-7,10,12-13,16H,8-9,11H2,1-3H3,(H,20,22). The zero-order valence-electron chi connectivity index (χ0n) is 15.2. The molecule has 5 nitrogen and oxygen atoms in total. The lowest BCUT2D eigenvalue weighted by atomic mass is 9.81. The van der Waals surface area contributed by atoms with Crippen LogP contribution >= 0.6 is 11.3 Å². The van der Waals surface area contributed by atoms with E-state index in [9.17, 15) is 13.2 Å². The van der Waals surface area contributed by atoms with Crippen LogP contribution in [0.3, 0.4) is 0 Å². The molecular weight excluding hydrogens is 368 g/mol. The topological polar surface area (TPSA) is 76.1 Å². The first-order valence-electron chi connectivity index (χ1n) is 8.75. The van der Waals surface area contributed by atoms with Crippen molar-refractivity contribution < 1.29 is 13.2 Å². The van der Waals surface area contributed by atoms with Gasteiger partial charge in [0.1, 0.15) is 20.5 Å². The van der Waals surface area contributed by atoms with Crippen molar-refractivity contribution in [3.8, 4) is 10.6 Å². The maximum Gasteiger partial charge on any atom is 0.270 e. The average molecular weight is 393 g/mol. The second-order valence-corrected chi connectivity index (χ2v) is 10.5. The van der Waals surface area contributed by atoms with Gasteiger partial charge in [0.2, 0.25) is 0 Å². The molecule has 0 atom stereocenters. The van der Waals surface area contributed by atoms with Crippen LogP contribution in [0.15, 0.2) is 29.6 Å². The Bertz CT molecular complexity index is 880. The van der Waals surface area contributed by atoms with Crippen molar-refractivity contribution in [3.05, 3.63) is 40.9 Å². The number of nitrogens with zero attached hydrogens (tertiary/aromatic N) is 1. The molecule has 26 heavy (non-hydrogen) atoms. The van der Waals surface area contributed by atoms with E-state index < -0.39 is 9.84 Å². The normalized spacial score (nSPS) is 20.0. The number of thiazole rings is 1. The third-order valence-corrected chi connectivity index (χ3v) is 6.64. The molecule has 0 saturated heterocycles. The molecule has 7 heteroatoms. The van der Waals surface area contributed by atoms with Crippen LogP contribution in [0.25, 0.3) is 10.6 Å². The zero-order chi connectivity index (χ0) is 18.9. The number of aromatic nitrogens is 1. The summed E-state index contributed by atoms with van der Waals surface area (Å²) in [4.78, 5) is 16.8. The minimum absolute atomic E-state index is 0.0460. The number of carbonyl (C=O) groups excluding carboxylic acids is 1. The van der Waals surface area contributed by atoms with Gasteiger partial charge in [0.25, 0.3) is 5.91 Å². The number of benzene rings is 1. The molecular formula is C19H24N2O3S2. The highest BCUT2D eigenvalue weighted by atomic mass is 32.2. The summed E-state index contributed by atoms with van der Waals surface area (Å²) in [5.41, 5.74) is 2.71. The van der Waals surface area contributed by atoms with Crippen molar-refractivity contribution in [1.29, 1.82) is 0 Å². The fourth-order valence-corrected chi connectivity index (χ4v) is 5.13. The summed E-state index contributed by atoms with van der Waals surface area (Å²) in [6.45, 7) is 4.31. The van der Waals surface area contributed by atoms with Gasteiger partial charge in [-0.3, -0.25) is 4.79 Å². The molecule has 0 radical (unpaired) electrons. The molecule has 0 unspecified atom stereocenters. The van der Waals surface area contributed by atoms with E-state index >= 15 is 0 Å². The molecule has 1 N–H and O–H groups in total. The molecule has 3 rings (SSSR count). The van der Waals surface area contributed by atoms with E-state index in [1.54, 1.807) is 5.38 Å². The first-order chi connectivity index (χ1) is 12.2. The molecule has 140 valence electrons. The van der Waals surface area contributed by atoms with E-state index in [1.165, 1.54) is 23.2 Å². The number of rotatable bonds is 6. The highest BCUT2D eigenvalue weighted by Gasteiger charge is 2.32. The van der Waals surface area contributed by atoms with Gasteiger partial charge in [-0.05, 0) is 30.2 Å². The minimum Gasteiger partial charge on any atom is -0.348 e. The molecule has 1 aliphatic rings. The fourth-order valence-electron chi connectivity index (χ4n) is 3.20. The van der Waals surface area contributed by atoms with Crippen LogP contribution in [0.1, 0.15) is 48.7 Å². The summed E-state index contributed by atoms with van der Waals surface area (Å²) < 4.78 is 22.6. The van der Waals surface area contributed by atoms with Gasteiger partial charge in [0, 0.05) is 23.2 Å². The monoisotopic (exact) mass is 392 g/mol. The highest BCUT2D eigenvalue weighted by Crippen LogP contribution is 2.29. The van der Waals surface area contributed by atoms with E-state index in [1.807, 2.05) is 12.1 Å². The van der Waals surface area contributed by atoms with Gasteiger partial charge in [-0.1, -0.05) is 38.1 Å². The first kappa shape index (κ1) is 19.0. The quantitative estimate of drug-likeness (QED) is 0.816. The average Bonchev–Trinajstić information content (AvgIpc) is 3.01. The molecule has 2 aromatic rings. The molecule has 1 aromatic carbocycles. The Balaban J connectivity index is 1.57. The largest absolute Gasteiger partial charge is 0.348 e.